The quantitative estimate of drug-likeness (QED) is 0.331. The highest BCUT2D eigenvalue weighted by Crippen LogP contribution is 2.53. The molecule has 1 unspecified atom stereocenters. The van der Waals surface area contributed by atoms with E-state index in [4.69, 9.17) is 0 Å². The molecule has 0 N–H and O–H groups in total. The van der Waals surface area contributed by atoms with E-state index in [1.807, 2.05) is 27.7 Å². The Hall–Kier alpha value is -1.28. The molecule has 0 heterocycles. The highest BCUT2D eigenvalue weighted by molar-refractivity contribution is 5.32. The van der Waals surface area contributed by atoms with Crippen LogP contribution in [0, 0.1) is 5.41 Å². The summed E-state index contributed by atoms with van der Waals surface area (Å²) in [7, 11) is 0. The van der Waals surface area contributed by atoms with Gasteiger partial charge in [-0.2, -0.15) is 26.3 Å². The van der Waals surface area contributed by atoms with Crippen LogP contribution in [-0.2, 0) is 15.1 Å². The van der Waals surface area contributed by atoms with Gasteiger partial charge in [0.25, 0.3) is 5.60 Å². The number of halogens is 6. The lowest BCUT2D eigenvalue weighted by molar-refractivity contribution is -0.401. The first-order valence-corrected chi connectivity index (χ1v) is 8.14. The van der Waals surface area contributed by atoms with E-state index in [0.29, 0.717) is 5.56 Å². The molecule has 0 aliphatic carbocycles. The zero-order valence-electron chi connectivity index (χ0n) is 15.4. The Morgan fingerprint density at radius 1 is 0.885 bits per heavy atom. The van der Waals surface area contributed by atoms with Crippen LogP contribution in [0.2, 0.25) is 0 Å². The van der Waals surface area contributed by atoms with Crippen molar-refractivity contribution in [3.63, 3.8) is 0 Å². The first-order valence-electron chi connectivity index (χ1n) is 8.14. The first-order chi connectivity index (χ1) is 11.7. The van der Waals surface area contributed by atoms with E-state index < -0.39 is 30.3 Å². The van der Waals surface area contributed by atoms with Gasteiger partial charge in [0.2, 0.25) is 0 Å². The van der Waals surface area contributed by atoms with E-state index in [1.165, 1.54) is 19.1 Å². The van der Waals surface area contributed by atoms with E-state index >= 15 is 0 Å². The van der Waals surface area contributed by atoms with Crippen LogP contribution in [0.5, 0.6) is 0 Å². The van der Waals surface area contributed by atoms with Gasteiger partial charge < -0.3 is 9.47 Å². The first kappa shape index (κ1) is 22.8. The fourth-order valence-corrected chi connectivity index (χ4v) is 2.45. The fourth-order valence-electron chi connectivity index (χ4n) is 2.45. The highest BCUT2D eigenvalue weighted by atomic mass is 19.4. The van der Waals surface area contributed by atoms with Gasteiger partial charge in [-0.1, -0.05) is 52.0 Å². The lowest BCUT2D eigenvalue weighted by Crippen LogP contribution is -2.56. The Labute approximate surface area is 149 Å². The van der Waals surface area contributed by atoms with Gasteiger partial charge >= 0.3 is 12.4 Å². The largest absolute Gasteiger partial charge is 0.430 e. The van der Waals surface area contributed by atoms with Gasteiger partial charge in [0.05, 0.1) is 0 Å². The third-order valence-corrected chi connectivity index (χ3v) is 4.48. The third-order valence-electron chi connectivity index (χ3n) is 4.48. The number of hydrogen-bond donors (Lipinski definition) is 0. The molecule has 0 saturated heterocycles. The lowest BCUT2D eigenvalue weighted by Gasteiger charge is -2.37. The van der Waals surface area contributed by atoms with Crippen molar-refractivity contribution in [1.82, 2.24) is 0 Å². The van der Waals surface area contributed by atoms with Crippen LogP contribution in [0.25, 0.3) is 0 Å². The molecule has 1 atom stereocenters. The van der Waals surface area contributed by atoms with E-state index in [9.17, 15) is 26.3 Å². The predicted molar refractivity (Wildman–Crippen MR) is 85.7 cm³/mol. The molecular weight excluding hydrogens is 362 g/mol. The zero-order chi connectivity index (χ0) is 20.4. The third kappa shape index (κ3) is 4.52. The molecule has 0 radical (unpaired) electrons. The molecule has 1 aromatic carbocycles. The number of hydrogen-bond acceptors (Lipinski definition) is 2. The van der Waals surface area contributed by atoms with Crippen molar-refractivity contribution in [2.24, 2.45) is 5.41 Å². The summed E-state index contributed by atoms with van der Waals surface area (Å²) in [5.74, 6) is -0.0629. The summed E-state index contributed by atoms with van der Waals surface area (Å²) in [6.45, 7) is 7.91. The Morgan fingerprint density at radius 2 is 1.35 bits per heavy atom. The van der Waals surface area contributed by atoms with E-state index in [2.05, 4.69) is 9.47 Å². The molecule has 0 aliphatic heterocycles. The minimum absolute atomic E-state index is 0.0629. The topological polar surface area (TPSA) is 18.5 Å². The molecule has 0 spiro atoms. The molecule has 0 bridgehead atoms. The van der Waals surface area contributed by atoms with Crippen LogP contribution >= 0.6 is 0 Å². The van der Waals surface area contributed by atoms with Crippen molar-refractivity contribution in [2.75, 3.05) is 13.4 Å². The molecule has 0 aromatic heterocycles. The molecule has 0 fully saturated rings. The maximum Gasteiger partial charge on any atom is 0.430 e. The van der Waals surface area contributed by atoms with Crippen LogP contribution in [0.3, 0.4) is 0 Å². The van der Waals surface area contributed by atoms with Gasteiger partial charge in [-0.05, 0) is 23.8 Å². The summed E-state index contributed by atoms with van der Waals surface area (Å²) >= 11 is 0. The average molecular weight is 386 g/mol. The predicted octanol–water partition coefficient (Wildman–Crippen LogP) is 6.17. The van der Waals surface area contributed by atoms with E-state index in [1.54, 1.807) is 0 Å². The minimum atomic E-state index is -5.71. The molecule has 26 heavy (non-hydrogen) atoms. The van der Waals surface area contributed by atoms with Crippen molar-refractivity contribution in [2.45, 2.75) is 58.5 Å². The maximum absolute atomic E-state index is 13.5. The van der Waals surface area contributed by atoms with Crippen molar-refractivity contribution in [3.8, 4) is 0 Å². The van der Waals surface area contributed by atoms with Crippen LogP contribution in [0.4, 0.5) is 26.3 Å². The van der Waals surface area contributed by atoms with Crippen LogP contribution in [0.1, 0.15) is 51.7 Å². The smallest absolute Gasteiger partial charge is 0.356 e. The van der Waals surface area contributed by atoms with Crippen molar-refractivity contribution < 1.29 is 35.8 Å². The zero-order valence-corrected chi connectivity index (χ0v) is 15.4. The van der Waals surface area contributed by atoms with Gasteiger partial charge in [0.1, 0.15) is 6.79 Å². The second kappa shape index (κ2) is 7.76. The molecule has 150 valence electrons. The molecule has 0 amide bonds. The minimum Gasteiger partial charge on any atom is -0.356 e. The number of rotatable bonds is 6. The summed E-state index contributed by atoms with van der Waals surface area (Å²) < 4.78 is 90.1. The standard InChI is InChI=1S/C18H24F6O2/c1-6-25-11-26-16(17(19,20)21,18(22,23)24)14-9-7-13(8-10-14)12(2)15(3,4)5/h7-10,12H,6,11H2,1-5H3. The Kier molecular flexibility index (Phi) is 6.79. The summed E-state index contributed by atoms with van der Waals surface area (Å²) in [5, 5.41) is 0. The second-order valence-electron chi connectivity index (χ2n) is 7.14. The van der Waals surface area contributed by atoms with Crippen molar-refractivity contribution in [1.29, 1.82) is 0 Å². The number of benzene rings is 1. The summed E-state index contributed by atoms with van der Waals surface area (Å²) in [4.78, 5) is 0. The van der Waals surface area contributed by atoms with Crippen LogP contribution in [-0.4, -0.2) is 25.8 Å². The SMILES string of the molecule is CCOCOC(c1ccc(C(C)C(C)(C)C)cc1)(C(F)(F)F)C(F)(F)F. The van der Waals surface area contributed by atoms with Gasteiger partial charge in [0.15, 0.2) is 0 Å². The highest BCUT2D eigenvalue weighted by Gasteiger charge is 2.73. The lowest BCUT2D eigenvalue weighted by atomic mass is 9.77. The average Bonchev–Trinajstić information content (AvgIpc) is 2.47. The molecule has 8 heteroatoms. The normalized spacial score (nSPS) is 15.2. The molecule has 0 aliphatic rings. The Bertz CT molecular complexity index is 555. The molecular formula is C18H24F6O2. The number of alkyl halides is 6. The Balaban J connectivity index is 3.43. The van der Waals surface area contributed by atoms with Crippen LogP contribution in [0.15, 0.2) is 24.3 Å². The summed E-state index contributed by atoms with van der Waals surface area (Å²) in [6.07, 6.45) is -11.4. The summed E-state index contributed by atoms with van der Waals surface area (Å²) in [5.41, 5.74) is -5.03. The second-order valence-corrected chi connectivity index (χ2v) is 7.14. The van der Waals surface area contributed by atoms with E-state index in [0.717, 1.165) is 12.1 Å². The molecule has 0 saturated carbocycles. The van der Waals surface area contributed by atoms with Crippen LogP contribution < -0.4 is 0 Å². The van der Waals surface area contributed by atoms with Crippen molar-refractivity contribution in [3.05, 3.63) is 35.4 Å². The summed E-state index contributed by atoms with van der Waals surface area (Å²) in [6, 6.07) is 4.21. The van der Waals surface area contributed by atoms with Crippen molar-refractivity contribution >= 4 is 0 Å². The van der Waals surface area contributed by atoms with Gasteiger partial charge in [0, 0.05) is 12.2 Å². The fraction of sp³-hybridized carbons (Fsp3) is 0.667. The maximum atomic E-state index is 13.5. The van der Waals surface area contributed by atoms with Gasteiger partial charge in [-0.25, -0.2) is 0 Å². The number of ether oxygens (including phenoxy) is 2. The molecule has 1 aromatic rings. The van der Waals surface area contributed by atoms with Gasteiger partial charge in [-0.15, -0.1) is 0 Å². The molecule has 2 nitrogen and oxygen atoms in total. The van der Waals surface area contributed by atoms with Gasteiger partial charge in [-0.3, -0.25) is 0 Å². The Morgan fingerprint density at radius 3 is 1.69 bits per heavy atom. The van der Waals surface area contributed by atoms with E-state index in [-0.39, 0.29) is 17.9 Å². The monoisotopic (exact) mass is 386 g/mol. The molecule has 1 rings (SSSR count).